The predicted molar refractivity (Wildman–Crippen MR) is 36.6 cm³/mol. The van der Waals surface area contributed by atoms with Gasteiger partial charge in [-0.25, -0.2) is 4.79 Å². The van der Waals surface area contributed by atoms with Crippen molar-refractivity contribution in [2.45, 2.75) is 13.3 Å². The maximum Gasteiger partial charge on any atom is 0.339 e. The molecule has 0 aromatic carbocycles. The number of aliphatic hydroxyl groups excluding tert-OH is 1. The third kappa shape index (κ3) is 3.89. The van der Waals surface area contributed by atoms with E-state index >= 15 is 0 Å². The molecule has 0 amide bonds. The monoisotopic (exact) mass is 142 g/mol. The number of hydrogen-bond donors (Lipinski definition) is 2. The molecule has 0 aliphatic rings. The number of aliphatic hydroxyl groups is 1. The second-order valence-corrected chi connectivity index (χ2v) is 1.79. The Labute approximate surface area is 59.3 Å². The maximum atomic E-state index is 10.1. The van der Waals surface area contributed by atoms with Gasteiger partial charge in [-0.2, -0.15) is 0 Å². The quantitative estimate of drug-likeness (QED) is 0.447. The summed E-state index contributed by atoms with van der Waals surface area (Å²) < 4.78 is 0. The highest BCUT2D eigenvalue weighted by molar-refractivity contribution is 5.85. The summed E-state index contributed by atoms with van der Waals surface area (Å²) in [5.41, 5.74) is 2.68. The van der Waals surface area contributed by atoms with Crippen molar-refractivity contribution in [2.24, 2.45) is 0 Å². The van der Waals surface area contributed by atoms with E-state index in [0.717, 1.165) is 0 Å². The molecule has 0 unspecified atom stereocenters. The molecule has 3 heteroatoms. The van der Waals surface area contributed by atoms with Crippen LogP contribution in [0.4, 0.5) is 0 Å². The fourth-order valence-electron chi connectivity index (χ4n) is 0.352. The minimum atomic E-state index is -0.978. The summed E-state index contributed by atoms with van der Waals surface area (Å²) in [7, 11) is 0. The Bertz CT molecular complexity index is 175. The molecule has 0 heterocycles. The van der Waals surface area contributed by atoms with Gasteiger partial charge in [0, 0.05) is 6.61 Å². The zero-order valence-corrected chi connectivity index (χ0v) is 5.79. The van der Waals surface area contributed by atoms with Crippen LogP contribution in [0.5, 0.6) is 0 Å². The van der Waals surface area contributed by atoms with E-state index in [-0.39, 0.29) is 12.2 Å². The molecule has 0 aromatic heterocycles. The summed E-state index contributed by atoms with van der Waals surface area (Å²) in [6.07, 6.45) is 1.95. The van der Waals surface area contributed by atoms with Crippen molar-refractivity contribution in [3.63, 3.8) is 0 Å². The smallest absolute Gasteiger partial charge is 0.339 e. The lowest BCUT2D eigenvalue weighted by Crippen LogP contribution is -1.93. The van der Waals surface area contributed by atoms with E-state index in [1.54, 1.807) is 0 Å². The second-order valence-electron chi connectivity index (χ2n) is 1.79. The molecule has 0 bridgehead atoms. The Kier molecular flexibility index (Phi) is 4.29. The minimum Gasteiger partial charge on any atom is -0.477 e. The molecule has 0 saturated carbocycles. The molecule has 0 atom stereocenters. The van der Waals surface area contributed by atoms with E-state index < -0.39 is 5.97 Å². The van der Waals surface area contributed by atoms with Crippen molar-refractivity contribution in [3.8, 4) is 0 Å². The summed E-state index contributed by atoms with van der Waals surface area (Å²) in [6, 6.07) is 0. The highest BCUT2D eigenvalue weighted by atomic mass is 16.4. The van der Waals surface area contributed by atoms with Gasteiger partial charge in [0.05, 0.1) is 5.57 Å². The molecule has 0 aliphatic carbocycles. The van der Waals surface area contributed by atoms with Gasteiger partial charge in [0.15, 0.2) is 0 Å². The van der Waals surface area contributed by atoms with E-state index in [1.807, 2.05) is 0 Å². The van der Waals surface area contributed by atoms with Crippen LogP contribution >= 0.6 is 0 Å². The molecule has 56 valence electrons. The average molecular weight is 142 g/mol. The second kappa shape index (κ2) is 4.79. The maximum absolute atomic E-state index is 10.1. The van der Waals surface area contributed by atoms with Crippen molar-refractivity contribution < 1.29 is 15.0 Å². The minimum absolute atomic E-state index is 0.0277. The molecule has 10 heavy (non-hydrogen) atoms. The zero-order chi connectivity index (χ0) is 7.98. The number of carboxylic acid groups (broad SMARTS) is 1. The topological polar surface area (TPSA) is 57.5 Å². The zero-order valence-electron chi connectivity index (χ0n) is 5.79. The van der Waals surface area contributed by atoms with Crippen LogP contribution in [-0.4, -0.2) is 22.8 Å². The highest BCUT2D eigenvalue weighted by Crippen LogP contribution is 1.88. The molecule has 0 spiro atoms. The molecule has 3 nitrogen and oxygen atoms in total. The van der Waals surface area contributed by atoms with Crippen LogP contribution < -0.4 is 0 Å². The standard InChI is InChI=1S/C7H10O3/c1-6(7(9)10)4-2-3-5-8/h2,8H,3,5H2,1H3,(H,9,10). The Morgan fingerprint density at radius 3 is 2.70 bits per heavy atom. The molecule has 2 N–H and O–H groups in total. The van der Waals surface area contributed by atoms with Crippen LogP contribution in [-0.2, 0) is 4.79 Å². The predicted octanol–water partition coefficient (Wildman–Crippen LogP) is 0.555. The van der Waals surface area contributed by atoms with Crippen molar-refractivity contribution in [3.05, 3.63) is 17.4 Å². The lowest BCUT2D eigenvalue weighted by Gasteiger charge is -1.83. The van der Waals surface area contributed by atoms with Gasteiger partial charge in [-0.05, 0) is 19.4 Å². The van der Waals surface area contributed by atoms with Crippen molar-refractivity contribution in [1.82, 2.24) is 0 Å². The normalized spacial score (nSPS) is 8.20. The molecular weight excluding hydrogens is 132 g/mol. The van der Waals surface area contributed by atoms with Gasteiger partial charge >= 0.3 is 5.97 Å². The first-order chi connectivity index (χ1) is 4.68. The highest BCUT2D eigenvalue weighted by Gasteiger charge is 1.94. The van der Waals surface area contributed by atoms with Crippen molar-refractivity contribution in [1.29, 1.82) is 0 Å². The molecule has 0 saturated heterocycles. The first kappa shape index (κ1) is 8.95. The summed E-state index contributed by atoms with van der Waals surface area (Å²) in [6.45, 7) is 1.48. The Hall–Kier alpha value is -1.05. The first-order valence-electron chi connectivity index (χ1n) is 2.94. The van der Waals surface area contributed by atoms with Gasteiger partial charge in [0.2, 0.25) is 0 Å². The van der Waals surface area contributed by atoms with Crippen LogP contribution in [0.15, 0.2) is 17.4 Å². The van der Waals surface area contributed by atoms with Gasteiger partial charge in [0.25, 0.3) is 0 Å². The van der Waals surface area contributed by atoms with Crippen LogP contribution in [0.3, 0.4) is 0 Å². The molecule has 0 aromatic rings. The van der Waals surface area contributed by atoms with Gasteiger partial charge in [-0.3, -0.25) is 0 Å². The number of rotatable bonds is 3. The molecule has 0 fully saturated rings. The lowest BCUT2D eigenvalue weighted by atomic mass is 10.3. The summed E-state index contributed by atoms with van der Waals surface area (Å²) in [5, 5.41) is 16.6. The third-order valence-corrected chi connectivity index (χ3v) is 0.913. The Balaban J connectivity index is 4.01. The number of hydrogen-bond acceptors (Lipinski definition) is 2. The average Bonchev–Trinajstić information content (AvgIpc) is 1.88. The van der Waals surface area contributed by atoms with Crippen LogP contribution in [0.2, 0.25) is 0 Å². The van der Waals surface area contributed by atoms with E-state index in [2.05, 4.69) is 5.73 Å². The van der Waals surface area contributed by atoms with Gasteiger partial charge < -0.3 is 10.2 Å². The number of carboxylic acids is 1. The Morgan fingerprint density at radius 2 is 2.30 bits per heavy atom. The van der Waals surface area contributed by atoms with Gasteiger partial charge in [-0.15, -0.1) is 5.73 Å². The summed E-state index contributed by atoms with van der Waals surface area (Å²) in [4.78, 5) is 10.1. The summed E-state index contributed by atoms with van der Waals surface area (Å²) in [5.74, 6) is -0.978. The fourth-order valence-corrected chi connectivity index (χ4v) is 0.352. The van der Waals surface area contributed by atoms with Crippen LogP contribution in [0, 0.1) is 0 Å². The van der Waals surface area contributed by atoms with Gasteiger partial charge in [0.1, 0.15) is 0 Å². The van der Waals surface area contributed by atoms with Gasteiger partial charge in [-0.1, -0.05) is 0 Å². The van der Waals surface area contributed by atoms with Crippen molar-refractivity contribution >= 4 is 5.97 Å². The number of carbonyl (C=O) groups is 1. The SMILES string of the molecule is CC(=C=CCCO)C(=O)O. The Morgan fingerprint density at radius 1 is 1.70 bits per heavy atom. The molecule has 0 aliphatic heterocycles. The van der Waals surface area contributed by atoms with E-state index in [0.29, 0.717) is 6.42 Å². The fraction of sp³-hybridized carbons (Fsp3) is 0.429. The summed E-state index contributed by atoms with van der Waals surface area (Å²) >= 11 is 0. The van der Waals surface area contributed by atoms with Crippen LogP contribution in [0.25, 0.3) is 0 Å². The molecule has 0 rings (SSSR count). The number of aliphatic carboxylic acids is 1. The third-order valence-electron chi connectivity index (χ3n) is 0.913. The largest absolute Gasteiger partial charge is 0.477 e. The molecular formula is C7H10O3. The van der Waals surface area contributed by atoms with E-state index in [9.17, 15) is 4.79 Å². The van der Waals surface area contributed by atoms with Crippen LogP contribution in [0.1, 0.15) is 13.3 Å². The lowest BCUT2D eigenvalue weighted by molar-refractivity contribution is -0.132. The van der Waals surface area contributed by atoms with E-state index in [1.165, 1.54) is 13.0 Å². The first-order valence-corrected chi connectivity index (χ1v) is 2.94. The molecule has 0 radical (unpaired) electrons. The van der Waals surface area contributed by atoms with E-state index in [4.69, 9.17) is 10.2 Å². The van der Waals surface area contributed by atoms with Crippen molar-refractivity contribution in [2.75, 3.05) is 6.61 Å².